The van der Waals surface area contributed by atoms with Crippen LogP contribution in [-0.2, 0) is 32.7 Å². The van der Waals surface area contributed by atoms with E-state index in [1.165, 1.54) is 16.7 Å². The maximum absolute atomic E-state index is 4.08. The summed E-state index contributed by atoms with van der Waals surface area (Å²) in [4.78, 5) is 2.09. The number of allylic oxidation sites excluding steroid dienone is 3. The van der Waals surface area contributed by atoms with Gasteiger partial charge in [0.15, 0.2) is 0 Å². The number of likely N-dealkylation sites (N-methyl/N-ethyl adjacent to an activating group) is 1. The van der Waals surface area contributed by atoms with Crippen molar-refractivity contribution in [2.75, 3.05) is 7.05 Å². The van der Waals surface area contributed by atoms with Gasteiger partial charge in [-0.2, -0.15) is 12.2 Å². The normalized spacial score (nSPS) is 15.0. The van der Waals surface area contributed by atoms with Gasteiger partial charge in [0.05, 0.1) is 0 Å². The first-order valence-electron chi connectivity index (χ1n) is 5.40. The van der Waals surface area contributed by atoms with E-state index in [2.05, 4.69) is 55.7 Å². The molecule has 2 rings (SSSR count). The van der Waals surface area contributed by atoms with Crippen molar-refractivity contribution in [1.29, 1.82) is 0 Å². The van der Waals surface area contributed by atoms with Crippen LogP contribution in [0.3, 0.4) is 0 Å². The number of hydrogen-bond acceptors (Lipinski definition) is 1. The molecule has 1 aliphatic rings. The predicted molar refractivity (Wildman–Crippen MR) is 68.5 cm³/mol. The van der Waals surface area contributed by atoms with E-state index in [9.17, 15) is 0 Å². The van der Waals surface area contributed by atoms with Crippen LogP contribution in [-0.4, -0.2) is 11.9 Å². The largest absolute Gasteiger partial charge is 0.378 e. The molecule has 0 atom stereocenters. The molecule has 0 N–H and O–H groups in total. The van der Waals surface area contributed by atoms with Gasteiger partial charge in [-0.1, -0.05) is 55.4 Å². The summed E-state index contributed by atoms with van der Waals surface area (Å²) >= 11 is 0. The fraction of sp³-hybridized carbons (Fsp3) is 0.200. The fourth-order valence-electron chi connectivity index (χ4n) is 1.85. The summed E-state index contributed by atoms with van der Waals surface area (Å²) in [7, 11) is 2.04. The van der Waals surface area contributed by atoms with Gasteiger partial charge in [-0.3, -0.25) is 0 Å². The van der Waals surface area contributed by atoms with Crippen LogP contribution in [0.1, 0.15) is 18.1 Å². The summed E-state index contributed by atoms with van der Waals surface area (Å²) in [6.45, 7) is 8.25. The third kappa shape index (κ3) is 2.78. The van der Waals surface area contributed by atoms with Gasteiger partial charge in [-0.05, 0) is 5.70 Å². The molecule has 1 aromatic rings. The van der Waals surface area contributed by atoms with Crippen LogP contribution in [0.5, 0.6) is 0 Å². The number of rotatable bonds is 1. The van der Waals surface area contributed by atoms with Crippen LogP contribution in [0.4, 0.5) is 0 Å². The van der Waals surface area contributed by atoms with Crippen LogP contribution in [0.15, 0.2) is 48.2 Å². The van der Waals surface area contributed by atoms with Crippen molar-refractivity contribution in [2.45, 2.75) is 13.8 Å². The molecule has 0 spiro atoms. The standard InChI is InChI=1S/C15H16N.Y/c1-11-9-10-15(16(4)13(11)3)14-8-6-5-7-12(14)2;/h5-9H,3H2,1-2,4H3;/q-1;. The van der Waals surface area contributed by atoms with Crippen molar-refractivity contribution < 1.29 is 32.7 Å². The summed E-state index contributed by atoms with van der Waals surface area (Å²) in [5.74, 6) is 0. The van der Waals surface area contributed by atoms with Crippen molar-refractivity contribution in [3.63, 3.8) is 0 Å². The summed E-state index contributed by atoms with van der Waals surface area (Å²) in [6.07, 6.45) is 5.33. The van der Waals surface area contributed by atoms with Crippen molar-refractivity contribution in [1.82, 2.24) is 4.90 Å². The van der Waals surface area contributed by atoms with Gasteiger partial charge < -0.3 is 4.90 Å². The van der Waals surface area contributed by atoms with Crippen molar-refractivity contribution in [2.24, 2.45) is 0 Å². The van der Waals surface area contributed by atoms with Gasteiger partial charge in [0.2, 0.25) is 0 Å². The molecule has 1 nitrogen and oxygen atoms in total. The Hall–Kier alpha value is -0.656. The molecule has 0 aliphatic carbocycles. The summed E-state index contributed by atoms with van der Waals surface area (Å²) in [5, 5.41) is 0. The van der Waals surface area contributed by atoms with Gasteiger partial charge >= 0.3 is 0 Å². The number of benzene rings is 1. The van der Waals surface area contributed by atoms with Gasteiger partial charge in [0.25, 0.3) is 0 Å². The zero-order valence-corrected chi connectivity index (χ0v) is 13.5. The molecular formula is C15H16NY-. The quantitative estimate of drug-likeness (QED) is 0.717. The number of aryl methyl sites for hydroxylation is 1. The zero-order chi connectivity index (χ0) is 11.7. The molecule has 0 aromatic heterocycles. The smallest absolute Gasteiger partial charge is 0.00845 e. The molecule has 2 heteroatoms. The molecule has 0 saturated heterocycles. The first kappa shape index (κ1) is 14.4. The van der Waals surface area contributed by atoms with Crippen LogP contribution in [0.25, 0.3) is 5.70 Å². The molecule has 85 valence electrons. The number of hydrogen-bond donors (Lipinski definition) is 0. The Kier molecular flexibility index (Phi) is 4.91. The summed E-state index contributed by atoms with van der Waals surface area (Å²) in [5.41, 5.74) is 5.78. The molecule has 1 aromatic carbocycles. The van der Waals surface area contributed by atoms with Crippen molar-refractivity contribution >= 4 is 5.70 Å². The second-order valence-electron chi connectivity index (χ2n) is 4.14. The minimum Gasteiger partial charge on any atom is -0.378 e. The minimum absolute atomic E-state index is 0. The van der Waals surface area contributed by atoms with E-state index in [1.54, 1.807) is 0 Å². The first-order chi connectivity index (χ1) is 7.61. The predicted octanol–water partition coefficient (Wildman–Crippen LogP) is 3.54. The third-order valence-electron chi connectivity index (χ3n) is 3.02. The van der Waals surface area contributed by atoms with Crippen LogP contribution in [0.2, 0.25) is 0 Å². The number of nitrogens with zero attached hydrogens (tertiary/aromatic N) is 1. The van der Waals surface area contributed by atoms with E-state index in [-0.39, 0.29) is 32.7 Å². The Morgan fingerprint density at radius 1 is 1.18 bits per heavy atom. The molecule has 1 aliphatic heterocycles. The minimum atomic E-state index is 0. The fourth-order valence-corrected chi connectivity index (χ4v) is 1.85. The van der Waals surface area contributed by atoms with E-state index in [0.717, 1.165) is 11.4 Å². The molecule has 1 heterocycles. The molecule has 1 radical (unpaired) electrons. The van der Waals surface area contributed by atoms with E-state index in [4.69, 9.17) is 0 Å². The van der Waals surface area contributed by atoms with E-state index in [0.29, 0.717) is 0 Å². The molecule has 0 fully saturated rings. The van der Waals surface area contributed by atoms with E-state index < -0.39 is 0 Å². The molecule has 17 heavy (non-hydrogen) atoms. The Morgan fingerprint density at radius 3 is 2.47 bits per heavy atom. The maximum atomic E-state index is 4.08. The van der Waals surface area contributed by atoms with Crippen LogP contribution >= 0.6 is 0 Å². The molecular weight excluding hydrogens is 283 g/mol. The van der Waals surface area contributed by atoms with Gasteiger partial charge in [0, 0.05) is 39.8 Å². The average molecular weight is 299 g/mol. The average Bonchev–Trinajstić information content (AvgIpc) is 2.28. The summed E-state index contributed by atoms with van der Waals surface area (Å²) < 4.78 is 0. The molecule has 0 amide bonds. The molecule has 0 bridgehead atoms. The zero-order valence-electron chi connectivity index (χ0n) is 10.6. The maximum Gasteiger partial charge on any atom is 0.00845 e. The Labute approximate surface area is 129 Å². The first-order valence-corrected chi connectivity index (χ1v) is 5.40. The van der Waals surface area contributed by atoms with Crippen LogP contribution in [0, 0.1) is 13.0 Å². The topological polar surface area (TPSA) is 3.24 Å². The van der Waals surface area contributed by atoms with Gasteiger partial charge in [0.1, 0.15) is 0 Å². The second-order valence-corrected chi connectivity index (χ2v) is 4.14. The second kappa shape index (κ2) is 5.79. The summed E-state index contributed by atoms with van der Waals surface area (Å²) in [6, 6.07) is 8.35. The Balaban J connectivity index is 0.00000144. The Bertz CT molecular complexity index is 497. The van der Waals surface area contributed by atoms with Gasteiger partial charge in [-0.15, -0.1) is 11.6 Å². The van der Waals surface area contributed by atoms with Crippen LogP contribution < -0.4 is 0 Å². The van der Waals surface area contributed by atoms with E-state index in [1.807, 2.05) is 13.1 Å². The Morgan fingerprint density at radius 2 is 1.82 bits per heavy atom. The van der Waals surface area contributed by atoms with Gasteiger partial charge in [-0.25, -0.2) is 0 Å². The SMILES string of the molecule is C=C1C(C)=C[C-]=C(c2ccccc2C)N1C.[Y]. The molecule has 0 saturated carbocycles. The van der Waals surface area contributed by atoms with E-state index >= 15 is 0 Å². The third-order valence-corrected chi connectivity index (χ3v) is 3.02. The molecule has 0 unspecified atom stereocenters. The van der Waals surface area contributed by atoms with Crippen molar-refractivity contribution in [3.8, 4) is 0 Å². The monoisotopic (exact) mass is 299 g/mol. The van der Waals surface area contributed by atoms with Crippen molar-refractivity contribution in [3.05, 3.63) is 65.4 Å².